The van der Waals surface area contributed by atoms with Crippen LogP contribution in [0.15, 0.2) is 24.3 Å². The molecule has 3 heteroatoms. The quantitative estimate of drug-likeness (QED) is 0.576. The minimum atomic E-state index is 0.195. The molecule has 0 aliphatic heterocycles. The topological polar surface area (TPSA) is 32.3 Å². The number of ketones is 1. The first-order valence-electron chi connectivity index (χ1n) is 6.06. The summed E-state index contributed by atoms with van der Waals surface area (Å²) in [7, 11) is 3.93. The Kier molecular flexibility index (Phi) is 5.87. The molecule has 1 rings (SSSR count). The normalized spacial score (nSPS) is 10.8. The first kappa shape index (κ1) is 13.9. The molecule has 3 nitrogen and oxygen atoms in total. The highest BCUT2D eigenvalue weighted by Gasteiger charge is 2.08. The van der Waals surface area contributed by atoms with E-state index in [1.54, 1.807) is 0 Å². The molecule has 0 aliphatic carbocycles. The molecule has 1 aromatic rings. The number of benzene rings is 1. The highest BCUT2D eigenvalue weighted by atomic mass is 16.1. The van der Waals surface area contributed by atoms with Crippen molar-refractivity contribution in [2.75, 3.05) is 33.7 Å². The third kappa shape index (κ3) is 5.11. The first-order valence-corrected chi connectivity index (χ1v) is 6.06. The Hall–Kier alpha value is -1.19. The first-order chi connectivity index (χ1) is 8.13. The zero-order valence-electron chi connectivity index (χ0n) is 11.0. The summed E-state index contributed by atoms with van der Waals surface area (Å²) in [4.78, 5) is 14.1. The van der Waals surface area contributed by atoms with E-state index in [-0.39, 0.29) is 5.78 Å². The SMILES string of the molecule is CNCCCN(C)CC(=O)c1cccc(C)c1. The standard InChI is InChI=1S/C14H22N2O/c1-12-6-4-7-13(10-12)14(17)11-16(3)9-5-8-15-2/h4,6-7,10,15H,5,8-9,11H2,1-3H3. The molecule has 0 radical (unpaired) electrons. The van der Waals surface area contributed by atoms with E-state index in [1.165, 1.54) is 0 Å². The average Bonchev–Trinajstić information content (AvgIpc) is 2.29. The highest BCUT2D eigenvalue weighted by Crippen LogP contribution is 2.05. The van der Waals surface area contributed by atoms with Crippen LogP contribution in [0.25, 0.3) is 0 Å². The summed E-state index contributed by atoms with van der Waals surface area (Å²) in [5.74, 6) is 0.195. The van der Waals surface area contributed by atoms with Crippen LogP contribution in [-0.2, 0) is 0 Å². The molecule has 0 amide bonds. The number of carbonyl (C=O) groups is 1. The number of Topliss-reactive ketones (excluding diaryl/α,β-unsaturated/α-hetero) is 1. The van der Waals surface area contributed by atoms with Crippen LogP contribution in [0.3, 0.4) is 0 Å². The van der Waals surface area contributed by atoms with E-state index >= 15 is 0 Å². The van der Waals surface area contributed by atoms with E-state index < -0.39 is 0 Å². The molecule has 0 bridgehead atoms. The van der Waals surface area contributed by atoms with Crippen molar-refractivity contribution in [3.8, 4) is 0 Å². The van der Waals surface area contributed by atoms with Gasteiger partial charge in [0.05, 0.1) is 6.54 Å². The van der Waals surface area contributed by atoms with Crippen LogP contribution in [0, 0.1) is 6.92 Å². The fourth-order valence-electron chi connectivity index (χ4n) is 1.76. The number of nitrogens with zero attached hydrogens (tertiary/aromatic N) is 1. The lowest BCUT2D eigenvalue weighted by Gasteiger charge is -2.15. The molecule has 1 N–H and O–H groups in total. The minimum Gasteiger partial charge on any atom is -0.320 e. The number of rotatable bonds is 7. The van der Waals surface area contributed by atoms with Gasteiger partial charge in [-0.2, -0.15) is 0 Å². The second-order valence-electron chi connectivity index (χ2n) is 4.49. The van der Waals surface area contributed by atoms with Crippen molar-refractivity contribution < 1.29 is 4.79 Å². The molecule has 17 heavy (non-hydrogen) atoms. The Morgan fingerprint density at radius 2 is 2.18 bits per heavy atom. The highest BCUT2D eigenvalue weighted by molar-refractivity contribution is 5.97. The van der Waals surface area contributed by atoms with Gasteiger partial charge >= 0.3 is 0 Å². The smallest absolute Gasteiger partial charge is 0.176 e. The largest absolute Gasteiger partial charge is 0.320 e. The van der Waals surface area contributed by atoms with Gasteiger partial charge in [-0.05, 0) is 46.6 Å². The zero-order chi connectivity index (χ0) is 12.7. The van der Waals surface area contributed by atoms with E-state index in [0.717, 1.165) is 30.6 Å². The Bertz CT molecular complexity index is 363. The monoisotopic (exact) mass is 234 g/mol. The zero-order valence-corrected chi connectivity index (χ0v) is 11.0. The third-order valence-electron chi connectivity index (χ3n) is 2.72. The molecule has 0 saturated heterocycles. The van der Waals surface area contributed by atoms with Crippen LogP contribution in [0.2, 0.25) is 0 Å². The van der Waals surface area contributed by atoms with Crippen LogP contribution in [0.4, 0.5) is 0 Å². The Morgan fingerprint density at radius 3 is 2.82 bits per heavy atom. The van der Waals surface area contributed by atoms with Crippen molar-refractivity contribution in [2.45, 2.75) is 13.3 Å². The lowest BCUT2D eigenvalue weighted by Crippen LogP contribution is -2.28. The molecule has 1 aromatic carbocycles. The van der Waals surface area contributed by atoms with Gasteiger partial charge in [-0.1, -0.05) is 23.8 Å². The summed E-state index contributed by atoms with van der Waals surface area (Å²) in [6, 6.07) is 7.78. The predicted molar refractivity (Wildman–Crippen MR) is 71.6 cm³/mol. The summed E-state index contributed by atoms with van der Waals surface area (Å²) >= 11 is 0. The maximum Gasteiger partial charge on any atom is 0.176 e. The maximum atomic E-state index is 12.0. The lowest BCUT2D eigenvalue weighted by molar-refractivity contribution is 0.0945. The van der Waals surface area contributed by atoms with Crippen molar-refractivity contribution in [3.63, 3.8) is 0 Å². The number of nitrogens with one attached hydrogen (secondary N) is 1. The molecule has 0 aromatic heterocycles. The Labute approximate surface area is 104 Å². The summed E-state index contributed by atoms with van der Waals surface area (Å²) in [6.07, 6.45) is 1.06. The summed E-state index contributed by atoms with van der Waals surface area (Å²) in [5, 5.41) is 3.10. The summed E-state index contributed by atoms with van der Waals surface area (Å²) in [6.45, 7) is 4.43. The van der Waals surface area contributed by atoms with E-state index in [9.17, 15) is 4.79 Å². The second kappa shape index (κ2) is 7.20. The number of carbonyl (C=O) groups excluding carboxylic acids is 1. The van der Waals surface area contributed by atoms with Crippen molar-refractivity contribution in [1.82, 2.24) is 10.2 Å². The van der Waals surface area contributed by atoms with Gasteiger partial charge < -0.3 is 5.32 Å². The van der Waals surface area contributed by atoms with Crippen molar-refractivity contribution >= 4 is 5.78 Å². The molecular weight excluding hydrogens is 212 g/mol. The average molecular weight is 234 g/mol. The number of hydrogen-bond acceptors (Lipinski definition) is 3. The third-order valence-corrected chi connectivity index (χ3v) is 2.72. The maximum absolute atomic E-state index is 12.0. The van der Waals surface area contributed by atoms with Gasteiger partial charge in [0.1, 0.15) is 0 Å². The number of likely N-dealkylation sites (N-methyl/N-ethyl adjacent to an activating group) is 1. The van der Waals surface area contributed by atoms with Gasteiger partial charge in [-0.3, -0.25) is 9.69 Å². The van der Waals surface area contributed by atoms with E-state index in [2.05, 4.69) is 10.2 Å². The van der Waals surface area contributed by atoms with Gasteiger partial charge in [0.2, 0.25) is 0 Å². The molecule has 0 fully saturated rings. The van der Waals surface area contributed by atoms with Crippen LogP contribution in [0.1, 0.15) is 22.3 Å². The second-order valence-corrected chi connectivity index (χ2v) is 4.49. The van der Waals surface area contributed by atoms with Gasteiger partial charge in [-0.15, -0.1) is 0 Å². The van der Waals surface area contributed by atoms with Crippen LogP contribution in [0.5, 0.6) is 0 Å². The van der Waals surface area contributed by atoms with Gasteiger partial charge in [0.15, 0.2) is 5.78 Å². The van der Waals surface area contributed by atoms with Crippen molar-refractivity contribution in [3.05, 3.63) is 35.4 Å². The fourth-order valence-corrected chi connectivity index (χ4v) is 1.76. The van der Waals surface area contributed by atoms with Gasteiger partial charge in [0, 0.05) is 5.56 Å². The van der Waals surface area contributed by atoms with Crippen LogP contribution < -0.4 is 5.32 Å². The Balaban J connectivity index is 2.43. The molecule has 0 atom stereocenters. The Morgan fingerprint density at radius 1 is 1.41 bits per heavy atom. The molecule has 0 aliphatic rings. The fraction of sp³-hybridized carbons (Fsp3) is 0.500. The number of hydrogen-bond donors (Lipinski definition) is 1. The molecule has 0 saturated carbocycles. The van der Waals surface area contributed by atoms with Gasteiger partial charge in [-0.25, -0.2) is 0 Å². The lowest BCUT2D eigenvalue weighted by atomic mass is 10.1. The molecular formula is C14H22N2O. The molecule has 0 heterocycles. The van der Waals surface area contributed by atoms with E-state index in [0.29, 0.717) is 6.54 Å². The number of aryl methyl sites for hydroxylation is 1. The molecule has 0 spiro atoms. The summed E-state index contributed by atoms with van der Waals surface area (Å²) < 4.78 is 0. The van der Waals surface area contributed by atoms with Crippen molar-refractivity contribution in [1.29, 1.82) is 0 Å². The van der Waals surface area contributed by atoms with E-state index in [4.69, 9.17) is 0 Å². The minimum absolute atomic E-state index is 0.195. The van der Waals surface area contributed by atoms with Crippen molar-refractivity contribution in [2.24, 2.45) is 0 Å². The molecule has 0 unspecified atom stereocenters. The van der Waals surface area contributed by atoms with E-state index in [1.807, 2.05) is 45.3 Å². The predicted octanol–water partition coefficient (Wildman–Crippen LogP) is 1.72. The summed E-state index contributed by atoms with van der Waals surface area (Å²) in [5.41, 5.74) is 1.94. The van der Waals surface area contributed by atoms with Gasteiger partial charge in [0.25, 0.3) is 0 Å². The molecule has 94 valence electrons. The van der Waals surface area contributed by atoms with Crippen LogP contribution >= 0.6 is 0 Å². The van der Waals surface area contributed by atoms with Crippen LogP contribution in [-0.4, -0.2) is 44.4 Å².